The molecule has 3 aromatic heterocycles. The monoisotopic (exact) mass is 423 g/mol. The maximum absolute atomic E-state index is 13.0. The van der Waals surface area contributed by atoms with Crippen LogP contribution in [0.15, 0.2) is 30.9 Å². The summed E-state index contributed by atoms with van der Waals surface area (Å²) in [5.74, 6) is 0.357. The van der Waals surface area contributed by atoms with Gasteiger partial charge in [0.2, 0.25) is 5.95 Å². The minimum atomic E-state index is -4.75. The van der Waals surface area contributed by atoms with Crippen LogP contribution in [0.4, 0.5) is 24.9 Å². The minimum Gasteiger partial charge on any atom is -0.382 e. The summed E-state index contributed by atoms with van der Waals surface area (Å²) in [5.41, 5.74) is 1.89. The van der Waals surface area contributed by atoms with Crippen molar-refractivity contribution in [3.05, 3.63) is 36.4 Å². The van der Waals surface area contributed by atoms with Gasteiger partial charge < -0.3 is 20.3 Å². The number of rotatable bonds is 8. The van der Waals surface area contributed by atoms with Gasteiger partial charge in [-0.3, -0.25) is 4.98 Å². The van der Waals surface area contributed by atoms with E-state index in [9.17, 15) is 18.3 Å². The van der Waals surface area contributed by atoms with E-state index in [0.29, 0.717) is 23.5 Å². The predicted octanol–water partition coefficient (Wildman–Crippen LogP) is 3.53. The average molecular weight is 423 g/mol. The number of pyridine rings is 1. The number of hydrogen-bond acceptors (Lipinski definition) is 7. The molecular formula is C19H24F3N7O. The molecule has 0 saturated heterocycles. The Morgan fingerprint density at radius 3 is 2.60 bits per heavy atom. The van der Waals surface area contributed by atoms with Crippen molar-refractivity contribution in [1.29, 1.82) is 0 Å². The van der Waals surface area contributed by atoms with Gasteiger partial charge in [-0.25, -0.2) is 4.98 Å². The molecule has 0 spiro atoms. The van der Waals surface area contributed by atoms with Crippen molar-refractivity contribution in [3.63, 3.8) is 0 Å². The van der Waals surface area contributed by atoms with Gasteiger partial charge in [0.1, 0.15) is 0 Å². The maximum Gasteiger partial charge on any atom is 0.416 e. The summed E-state index contributed by atoms with van der Waals surface area (Å²) < 4.78 is 40.8. The van der Waals surface area contributed by atoms with Crippen molar-refractivity contribution in [2.75, 3.05) is 10.6 Å². The van der Waals surface area contributed by atoms with Crippen LogP contribution in [0, 0.1) is 0 Å². The zero-order chi connectivity index (χ0) is 21.9. The van der Waals surface area contributed by atoms with Crippen molar-refractivity contribution in [2.45, 2.75) is 58.1 Å². The summed E-state index contributed by atoms with van der Waals surface area (Å²) >= 11 is 0. The number of halogens is 3. The van der Waals surface area contributed by atoms with E-state index in [1.165, 1.54) is 0 Å². The highest BCUT2D eigenvalue weighted by atomic mass is 19.4. The quantitative estimate of drug-likeness (QED) is 0.510. The smallest absolute Gasteiger partial charge is 0.382 e. The van der Waals surface area contributed by atoms with Crippen LogP contribution in [0.3, 0.4) is 0 Å². The summed E-state index contributed by atoms with van der Waals surface area (Å²) in [6, 6.07) is 2.44. The molecule has 3 N–H and O–H groups in total. The van der Waals surface area contributed by atoms with Gasteiger partial charge in [-0.05, 0) is 31.9 Å². The Kier molecular flexibility index (Phi) is 6.40. The van der Waals surface area contributed by atoms with E-state index < -0.39 is 18.3 Å². The lowest BCUT2D eigenvalue weighted by Crippen LogP contribution is -2.44. The Morgan fingerprint density at radius 1 is 1.23 bits per heavy atom. The highest BCUT2D eigenvalue weighted by Gasteiger charge is 2.43. The second-order valence-corrected chi connectivity index (χ2v) is 7.17. The summed E-state index contributed by atoms with van der Waals surface area (Å²) in [5, 5.41) is 15.5. The number of aliphatic hydroxyl groups is 1. The first-order chi connectivity index (χ1) is 14.2. The lowest BCUT2D eigenvalue weighted by atomic mass is 10.1. The van der Waals surface area contributed by atoms with E-state index in [2.05, 4.69) is 30.6 Å². The fourth-order valence-electron chi connectivity index (χ4n) is 2.97. The zero-order valence-corrected chi connectivity index (χ0v) is 16.9. The fourth-order valence-corrected chi connectivity index (χ4v) is 2.97. The summed E-state index contributed by atoms with van der Waals surface area (Å²) in [7, 11) is 0. The lowest BCUT2D eigenvalue weighted by Gasteiger charge is -2.25. The molecule has 30 heavy (non-hydrogen) atoms. The van der Waals surface area contributed by atoms with Crippen molar-refractivity contribution in [2.24, 2.45) is 0 Å². The average Bonchev–Trinajstić information content (AvgIpc) is 3.14. The molecule has 3 aromatic rings. The van der Waals surface area contributed by atoms with Crippen LogP contribution in [0.25, 0.3) is 11.2 Å². The lowest BCUT2D eigenvalue weighted by molar-refractivity contribution is -0.208. The zero-order valence-electron chi connectivity index (χ0n) is 16.9. The van der Waals surface area contributed by atoms with E-state index in [0.717, 1.165) is 5.56 Å². The Hall–Kier alpha value is -2.95. The Labute approximate surface area is 171 Å². The van der Waals surface area contributed by atoms with Crippen molar-refractivity contribution < 1.29 is 18.3 Å². The molecule has 0 aliphatic rings. The number of nitrogens with one attached hydrogen (secondary N) is 2. The molecule has 162 valence electrons. The molecule has 0 aliphatic heterocycles. The van der Waals surface area contributed by atoms with Gasteiger partial charge in [0.15, 0.2) is 23.1 Å². The number of nitrogens with zero attached hydrogens (tertiary/aromatic N) is 5. The van der Waals surface area contributed by atoms with Gasteiger partial charge in [0.05, 0.1) is 12.4 Å². The van der Waals surface area contributed by atoms with Gasteiger partial charge in [0.25, 0.3) is 0 Å². The van der Waals surface area contributed by atoms with Crippen molar-refractivity contribution >= 4 is 22.9 Å². The van der Waals surface area contributed by atoms with Gasteiger partial charge >= 0.3 is 6.18 Å². The van der Waals surface area contributed by atoms with Crippen molar-refractivity contribution in [1.82, 2.24) is 24.5 Å². The summed E-state index contributed by atoms with van der Waals surface area (Å²) in [6.45, 7) is 5.84. The maximum atomic E-state index is 13.0. The van der Waals surface area contributed by atoms with E-state index in [1.54, 1.807) is 36.3 Å². The Morgan fingerprint density at radius 2 is 2.00 bits per heavy atom. The first-order valence-corrected chi connectivity index (χ1v) is 9.59. The fraction of sp³-hybridized carbons (Fsp3) is 0.474. The molecule has 0 amide bonds. The van der Waals surface area contributed by atoms with Gasteiger partial charge in [-0.2, -0.15) is 23.1 Å². The van der Waals surface area contributed by atoms with E-state index >= 15 is 0 Å². The normalized spacial score (nSPS) is 14.1. The number of aromatic nitrogens is 5. The topological polar surface area (TPSA) is 101 Å². The first kappa shape index (κ1) is 21.8. The van der Waals surface area contributed by atoms with E-state index in [1.807, 2.05) is 19.9 Å². The van der Waals surface area contributed by atoms with Crippen LogP contribution in [-0.2, 0) is 6.54 Å². The van der Waals surface area contributed by atoms with Gasteiger partial charge in [-0.15, -0.1) is 0 Å². The largest absolute Gasteiger partial charge is 0.416 e. The molecule has 2 atom stereocenters. The number of fused-ring (bicyclic) bond motifs is 1. The molecule has 0 aromatic carbocycles. The summed E-state index contributed by atoms with van der Waals surface area (Å²) in [4.78, 5) is 17.1. The Balaban J connectivity index is 1.96. The third kappa shape index (κ3) is 4.78. The standard InChI is InChI=1S/C19H24F3N7O/c1-4-13(15(30)19(20,21)22)26-18-27-16(24-9-12-6-5-7-23-8-12)14-17(28-18)29(10-25-14)11(2)3/h5-8,10-11,13,15,30H,4,9H2,1-3H3,(H2,24,26,27,28). The minimum absolute atomic E-state index is 0.0197. The molecular weight excluding hydrogens is 399 g/mol. The molecule has 8 nitrogen and oxygen atoms in total. The SMILES string of the molecule is CCC(Nc1nc(NCc2cccnc2)c2ncn(C(C)C)c2n1)C(O)C(F)(F)F. The third-order valence-corrected chi connectivity index (χ3v) is 4.63. The van der Waals surface area contributed by atoms with Gasteiger partial charge in [0, 0.05) is 25.0 Å². The second-order valence-electron chi connectivity index (χ2n) is 7.17. The van der Waals surface area contributed by atoms with Crippen LogP contribution >= 0.6 is 0 Å². The molecule has 0 aliphatic carbocycles. The number of alkyl halides is 3. The molecule has 0 bridgehead atoms. The molecule has 0 saturated carbocycles. The van der Waals surface area contributed by atoms with Crippen LogP contribution in [0.5, 0.6) is 0 Å². The molecule has 11 heteroatoms. The predicted molar refractivity (Wildman–Crippen MR) is 107 cm³/mol. The molecule has 3 heterocycles. The molecule has 3 rings (SSSR count). The highest BCUT2D eigenvalue weighted by molar-refractivity contribution is 5.84. The van der Waals surface area contributed by atoms with Crippen LogP contribution in [0.1, 0.15) is 38.8 Å². The number of aliphatic hydroxyl groups excluding tert-OH is 1. The highest BCUT2D eigenvalue weighted by Crippen LogP contribution is 2.27. The number of imidazole rings is 1. The number of anilines is 2. The van der Waals surface area contributed by atoms with Crippen molar-refractivity contribution in [3.8, 4) is 0 Å². The second kappa shape index (κ2) is 8.82. The molecule has 2 unspecified atom stereocenters. The van der Waals surface area contributed by atoms with E-state index in [4.69, 9.17) is 0 Å². The molecule has 0 fully saturated rings. The Bertz CT molecular complexity index is 975. The van der Waals surface area contributed by atoms with Crippen LogP contribution in [-0.4, -0.2) is 47.9 Å². The van der Waals surface area contributed by atoms with E-state index in [-0.39, 0.29) is 18.4 Å². The first-order valence-electron chi connectivity index (χ1n) is 9.59. The van der Waals surface area contributed by atoms with Gasteiger partial charge in [-0.1, -0.05) is 13.0 Å². The van der Waals surface area contributed by atoms with Crippen LogP contribution in [0.2, 0.25) is 0 Å². The van der Waals surface area contributed by atoms with Crippen LogP contribution < -0.4 is 10.6 Å². The summed E-state index contributed by atoms with van der Waals surface area (Å²) in [6.07, 6.45) is -2.28. The number of hydrogen-bond donors (Lipinski definition) is 3. The third-order valence-electron chi connectivity index (χ3n) is 4.63. The molecule has 0 radical (unpaired) electrons.